The van der Waals surface area contributed by atoms with E-state index in [4.69, 9.17) is 0 Å². The first-order valence-electron chi connectivity index (χ1n) is 9.27. The Labute approximate surface area is 161 Å². The molecule has 138 valence electrons. The van der Waals surface area contributed by atoms with Crippen LogP contribution < -0.4 is 0 Å². The molecule has 0 nitrogen and oxygen atoms in total. The van der Waals surface area contributed by atoms with Crippen LogP contribution in [0.4, 0.5) is 0 Å². The van der Waals surface area contributed by atoms with Crippen LogP contribution in [-0.2, 0) is 0 Å². The van der Waals surface area contributed by atoms with Gasteiger partial charge in [-0.05, 0) is 25.0 Å². The first-order chi connectivity index (χ1) is 12.8. The number of terminal acetylenes is 1. The van der Waals surface area contributed by atoms with Crippen molar-refractivity contribution in [3.63, 3.8) is 0 Å². The van der Waals surface area contributed by atoms with Gasteiger partial charge in [0.2, 0.25) is 0 Å². The highest BCUT2D eigenvalue weighted by molar-refractivity contribution is 5.62. The van der Waals surface area contributed by atoms with Crippen LogP contribution in [0.25, 0.3) is 11.1 Å². The van der Waals surface area contributed by atoms with E-state index in [-0.39, 0.29) is 0 Å². The molecule has 0 N–H and O–H groups in total. The molecule has 0 saturated carbocycles. The molecule has 3 aromatic rings. The smallest absolute Gasteiger partial charge is 0.00297 e. The zero-order valence-corrected chi connectivity index (χ0v) is 17.2. The molecule has 0 fully saturated rings. The van der Waals surface area contributed by atoms with Gasteiger partial charge in [-0.1, -0.05) is 124 Å². The van der Waals surface area contributed by atoms with Gasteiger partial charge in [0.05, 0.1) is 0 Å². The SMILES string of the molecule is C#CC.CC.CC.Cc1ccccc1.c1ccc(-c2ccccc2)cc1. The lowest BCUT2D eigenvalue weighted by molar-refractivity contribution is 1.48. The van der Waals surface area contributed by atoms with Crippen LogP contribution in [0.15, 0.2) is 91.0 Å². The molecule has 0 aliphatic rings. The highest BCUT2D eigenvalue weighted by Gasteiger charge is 1.91. The topological polar surface area (TPSA) is 0 Å². The molecule has 0 spiro atoms. The minimum absolute atomic E-state index is 1.28. The average molecular weight is 347 g/mol. The Morgan fingerprint density at radius 1 is 0.538 bits per heavy atom. The summed E-state index contributed by atoms with van der Waals surface area (Å²) in [6, 6.07) is 31.0. The Hall–Kier alpha value is -2.78. The molecule has 0 atom stereocenters. The van der Waals surface area contributed by atoms with Crippen LogP contribution in [0, 0.1) is 19.3 Å². The number of hydrogen-bond acceptors (Lipinski definition) is 0. The maximum Gasteiger partial charge on any atom is -0.00297 e. The Balaban J connectivity index is 0. The third-order valence-corrected chi connectivity index (χ3v) is 2.82. The Kier molecular flexibility index (Phi) is 19.8. The van der Waals surface area contributed by atoms with Gasteiger partial charge in [-0.15, -0.1) is 12.3 Å². The lowest BCUT2D eigenvalue weighted by Gasteiger charge is -1.98. The summed E-state index contributed by atoms with van der Waals surface area (Å²) in [6.45, 7) is 11.7. The second-order valence-corrected chi connectivity index (χ2v) is 4.68. The lowest BCUT2D eigenvalue weighted by atomic mass is 10.1. The maximum absolute atomic E-state index is 4.60. The van der Waals surface area contributed by atoms with Crippen molar-refractivity contribution in [1.82, 2.24) is 0 Å². The molecule has 26 heavy (non-hydrogen) atoms. The van der Waals surface area contributed by atoms with Crippen molar-refractivity contribution >= 4 is 0 Å². The highest BCUT2D eigenvalue weighted by atomic mass is 14.0. The predicted molar refractivity (Wildman–Crippen MR) is 120 cm³/mol. The van der Waals surface area contributed by atoms with Gasteiger partial charge in [0, 0.05) is 0 Å². The second kappa shape index (κ2) is 20.3. The summed E-state index contributed by atoms with van der Waals surface area (Å²) in [5, 5.41) is 0. The van der Waals surface area contributed by atoms with Crippen molar-refractivity contribution in [3.05, 3.63) is 96.6 Å². The molecule has 0 heterocycles. The van der Waals surface area contributed by atoms with Gasteiger partial charge in [-0.3, -0.25) is 0 Å². The van der Waals surface area contributed by atoms with Gasteiger partial charge in [0.15, 0.2) is 0 Å². The van der Waals surface area contributed by atoms with E-state index in [0.717, 1.165) is 0 Å². The van der Waals surface area contributed by atoms with Gasteiger partial charge < -0.3 is 0 Å². The molecule has 0 unspecified atom stereocenters. The molecule has 0 saturated heterocycles. The fraction of sp³-hybridized carbons (Fsp3) is 0.231. The minimum Gasteiger partial charge on any atom is -0.120 e. The summed E-state index contributed by atoms with van der Waals surface area (Å²) in [7, 11) is 0. The quantitative estimate of drug-likeness (QED) is 0.391. The van der Waals surface area contributed by atoms with Crippen LogP contribution in [0.1, 0.15) is 40.2 Å². The molecule has 0 radical (unpaired) electrons. The first-order valence-corrected chi connectivity index (χ1v) is 9.27. The van der Waals surface area contributed by atoms with E-state index in [1.54, 1.807) is 6.92 Å². The van der Waals surface area contributed by atoms with Crippen LogP contribution in [0.5, 0.6) is 0 Å². The summed E-state index contributed by atoms with van der Waals surface area (Å²) in [4.78, 5) is 0. The fourth-order valence-corrected chi connectivity index (χ4v) is 1.80. The monoisotopic (exact) mass is 346 g/mol. The van der Waals surface area contributed by atoms with Crippen LogP contribution >= 0.6 is 0 Å². The zero-order valence-electron chi connectivity index (χ0n) is 17.2. The summed E-state index contributed by atoms with van der Waals surface area (Å²) in [5.74, 6) is 2.25. The van der Waals surface area contributed by atoms with E-state index in [1.807, 2.05) is 58.0 Å². The number of benzene rings is 3. The van der Waals surface area contributed by atoms with Gasteiger partial charge in [-0.2, -0.15) is 0 Å². The normalized spacial score (nSPS) is 7.58. The summed E-state index contributed by atoms with van der Waals surface area (Å²) in [5.41, 5.74) is 3.87. The van der Waals surface area contributed by atoms with Crippen molar-refractivity contribution in [1.29, 1.82) is 0 Å². The Morgan fingerprint density at radius 2 is 0.769 bits per heavy atom. The minimum atomic E-state index is 1.28. The largest absolute Gasteiger partial charge is 0.120 e. The highest BCUT2D eigenvalue weighted by Crippen LogP contribution is 2.17. The molecule has 3 rings (SSSR count). The summed E-state index contributed by atoms with van der Waals surface area (Å²) >= 11 is 0. The molecule has 0 aromatic heterocycles. The third kappa shape index (κ3) is 13.6. The molecular weight excluding hydrogens is 312 g/mol. The number of aryl methyl sites for hydroxylation is 1. The molecular formula is C26H34. The Bertz CT molecular complexity index is 609. The molecule has 3 aromatic carbocycles. The summed E-state index contributed by atoms with van der Waals surface area (Å²) < 4.78 is 0. The second-order valence-electron chi connectivity index (χ2n) is 4.68. The Morgan fingerprint density at radius 3 is 0.962 bits per heavy atom. The fourth-order valence-electron chi connectivity index (χ4n) is 1.80. The van der Waals surface area contributed by atoms with E-state index in [1.165, 1.54) is 16.7 Å². The van der Waals surface area contributed by atoms with E-state index in [0.29, 0.717) is 0 Å². The van der Waals surface area contributed by atoms with Crippen LogP contribution in [0.2, 0.25) is 0 Å². The third-order valence-electron chi connectivity index (χ3n) is 2.82. The van der Waals surface area contributed by atoms with Gasteiger partial charge >= 0.3 is 0 Å². The van der Waals surface area contributed by atoms with Crippen molar-refractivity contribution in [3.8, 4) is 23.5 Å². The molecule has 0 amide bonds. The van der Waals surface area contributed by atoms with Gasteiger partial charge in [0.25, 0.3) is 0 Å². The van der Waals surface area contributed by atoms with Crippen molar-refractivity contribution in [2.45, 2.75) is 41.5 Å². The van der Waals surface area contributed by atoms with Crippen molar-refractivity contribution in [2.75, 3.05) is 0 Å². The molecule has 0 aliphatic heterocycles. The van der Waals surface area contributed by atoms with E-state index in [2.05, 4.69) is 79.9 Å². The van der Waals surface area contributed by atoms with Gasteiger partial charge in [0.1, 0.15) is 0 Å². The van der Waals surface area contributed by atoms with Crippen LogP contribution in [-0.4, -0.2) is 0 Å². The predicted octanol–water partition coefficient (Wildman–Crippen LogP) is 8.04. The average Bonchev–Trinajstić information content (AvgIpc) is 2.74. The van der Waals surface area contributed by atoms with Crippen LogP contribution in [0.3, 0.4) is 0 Å². The number of hydrogen-bond donors (Lipinski definition) is 0. The first kappa shape index (κ1) is 25.5. The van der Waals surface area contributed by atoms with Crippen molar-refractivity contribution < 1.29 is 0 Å². The standard InChI is InChI=1S/C12H10.C7H8.C3H4.2C2H6/c1-3-7-11(8-4-1)12-9-5-2-6-10-12;1-7-5-3-2-4-6-7;1-3-2;2*1-2/h1-10H;2-6H,1H3;1H,2H3;2*1-2H3. The summed E-state index contributed by atoms with van der Waals surface area (Å²) in [6.07, 6.45) is 4.60. The van der Waals surface area contributed by atoms with Crippen molar-refractivity contribution in [2.24, 2.45) is 0 Å². The lowest BCUT2D eigenvalue weighted by Crippen LogP contribution is -1.73. The molecule has 0 aliphatic carbocycles. The van der Waals surface area contributed by atoms with Gasteiger partial charge in [-0.25, -0.2) is 0 Å². The number of rotatable bonds is 1. The van der Waals surface area contributed by atoms with E-state index >= 15 is 0 Å². The zero-order chi connectivity index (χ0) is 20.0. The molecule has 0 bridgehead atoms. The van der Waals surface area contributed by atoms with E-state index < -0.39 is 0 Å². The molecule has 0 heteroatoms. The maximum atomic E-state index is 4.60. The van der Waals surface area contributed by atoms with E-state index in [9.17, 15) is 0 Å².